The summed E-state index contributed by atoms with van der Waals surface area (Å²) in [5.41, 5.74) is 1.45. The highest BCUT2D eigenvalue weighted by Crippen LogP contribution is 2.45. The summed E-state index contributed by atoms with van der Waals surface area (Å²) in [6.07, 6.45) is 1.97. The smallest absolute Gasteiger partial charge is 0.291 e. The molecule has 212 valence electrons. The molecule has 2 aliphatic rings. The average molecular weight is 545 g/mol. The number of methoxy groups -OCH3 is 1. The van der Waals surface area contributed by atoms with Crippen LogP contribution >= 0.6 is 0 Å². The molecule has 4 rings (SSSR count). The first kappa shape index (κ1) is 28.9. The van der Waals surface area contributed by atoms with Crippen LogP contribution in [0.15, 0.2) is 48.2 Å². The van der Waals surface area contributed by atoms with Gasteiger partial charge in [-0.3, -0.25) is 9.69 Å². The van der Waals surface area contributed by atoms with Crippen molar-refractivity contribution in [2.75, 3.05) is 39.9 Å². The zero-order valence-electron chi connectivity index (χ0n) is 23.0. The molecular formula is C29H38F2N4O4. The largest absolute Gasteiger partial charge is 0.491 e. The monoisotopic (exact) mass is 544 g/mol. The summed E-state index contributed by atoms with van der Waals surface area (Å²) < 4.78 is 42.8. The first-order chi connectivity index (χ1) is 18.7. The van der Waals surface area contributed by atoms with Crippen LogP contribution in [0.4, 0.5) is 8.78 Å². The molecule has 0 atom stereocenters. The SMILES string of the molecule is C=CCC(F)(F)c1ccc2n1CCN(CCOC)C21CCN(C(=O)c2ccc(OC(C)C)c(CN=O)c2)CC1. The lowest BCUT2D eigenvalue weighted by Gasteiger charge is -2.52. The number of carbonyl (C=O) groups is 1. The van der Waals surface area contributed by atoms with Crippen molar-refractivity contribution in [3.8, 4) is 5.75 Å². The van der Waals surface area contributed by atoms with Crippen molar-refractivity contribution >= 4 is 5.91 Å². The zero-order chi connectivity index (χ0) is 28.2. The first-order valence-corrected chi connectivity index (χ1v) is 13.5. The number of nitrogens with zero attached hydrogens (tertiary/aromatic N) is 4. The molecule has 10 heteroatoms. The maximum atomic E-state index is 15.0. The van der Waals surface area contributed by atoms with Gasteiger partial charge in [0, 0.05) is 63.1 Å². The van der Waals surface area contributed by atoms with Gasteiger partial charge in [-0.15, -0.1) is 6.58 Å². The van der Waals surface area contributed by atoms with Gasteiger partial charge < -0.3 is 18.9 Å². The van der Waals surface area contributed by atoms with Gasteiger partial charge in [0.25, 0.3) is 11.8 Å². The molecule has 3 heterocycles. The minimum Gasteiger partial charge on any atom is -0.491 e. The number of ether oxygens (including phenoxy) is 2. The van der Waals surface area contributed by atoms with Crippen LogP contribution in [-0.2, 0) is 29.3 Å². The van der Waals surface area contributed by atoms with Crippen LogP contribution in [0, 0.1) is 4.91 Å². The number of likely N-dealkylation sites (tertiary alicyclic amines) is 1. The molecule has 0 unspecified atom stereocenters. The molecule has 1 amide bonds. The molecule has 0 radical (unpaired) electrons. The molecule has 2 aromatic rings. The van der Waals surface area contributed by atoms with E-state index in [2.05, 4.69) is 16.7 Å². The van der Waals surface area contributed by atoms with Gasteiger partial charge in [0.05, 0.1) is 23.9 Å². The van der Waals surface area contributed by atoms with Crippen LogP contribution in [0.2, 0.25) is 0 Å². The first-order valence-electron chi connectivity index (χ1n) is 13.5. The summed E-state index contributed by atoms with van der Waals surface area (Å²) in [4.78, 5) is 28.6. The number of nitroso groups, excluding NO2 is 1. The molecule has 1 aromatic heterocycles. The molecule has 8 nitrogen and oxygen atoms in total. The van der Waals surface area contributed by atoms with E-state index in [1.165, 1.54) is 6.08 Å². The van der Waals surface area contributed by atoms with Crippen LogP contribution in [0.3, 0.4) is 0 Å². The molecule has 2 aliphatic heterocycles. The number of halogens is 2. The number of rotatable bonds is 11. The molecular weight excluding hydrogens is 506 g/mol. The van der Waals surface area contributed by atoms with E-state index in [4.69, 9.17) is 9.47 Å². The fourth-order valence-electron chi connectivity index (χ4n) is 5.95. The van der Waals surface area contributed by atoms with Gasteiger partial charge in [-0.25, -0.2) is 0 Å². The highest BCUT2D eigenvalue weighted by atomic mass is 19.3. The van der Waals surface area contributed by atoms with Gasteiger partial charge in [0.15, 0.2) is 0 Å². The number of benzene rings is 1. The van der Waals surface area contributed by atoms with E-state index < -0.39 is 17.9 Å². The van der Waals surface area contributed by atoms with Crippen molar-refractivity contribution in [2.45, 2.75) is 63.8 Å². The van der Waals surface area contributed by atoms with Gasteiger partial charge in [0.1, 0.15) is 12.3 Å². The van der Waals surface area contributed by atoms with E-state index in [0.717, 1.165) is 5.69 Å². The summed E-state index contributed by atoms with van der Waals surface area (Å²) in [6, 6.07) is 8.47. The Labute approximate surface area is 228 Å². The Kier molecular flexibility index (Phi) is 8.86. The van der Waals surface area contributed by atoms with Crippen molar-refractivity contribution in [1.29, 1.82) is 0 Å². The second-order valence-corrected chi connectivity index (χ2v) is 10.5. The van der Waals surface area contributed by atoms with Gasteiger partial charge in [-0.05, 0) is 57.0 Å². The third-order valence-electron chi connectivity index (χ3n) is 7.78. The van der Waals surface area contributed by atoms with Crippen LogP contribution in [-0.4, -0.2) is 66.3 Å². The van der Waals surface area contributed by atoms with Crippen molar-refractivity contribution in [2.24, 2.45) is 5.18 Å². The Bertz CT molecular complexity index is 1190. The Morgan fingerprint density at radius 3 is 2.56 bits per heavy atom. The average Bonchev–Trinajstić information content (AvgIpc) is 3.36. The summed E-state index contributed by atoms with van der Waals surface area (Å²) in [5.74, 6) is -2.59. The van der Waals surface area contributed by atoms with E-state index in [0.29, 0.717) is 69.0 Å². The lowest BCUT2D eigenvalue weighted by Crippen LogP contribution is -2.58. The van der Waals surface area contributed by atoms with Crippen LogP contribution in [0.1, 0.15) is 60.4 Å². The topological polar surface area (TPSA) is 76.4 Å². The molecule has 1 fully saturated rings. The van der Waals surface area contributed by atoms with Gasteiger partial charge in [0.2, 0.25) is 0 Å². The lowest BCUT2D eigenvalue weighted by molar-refractivity contribution is -0.0301. The van der Waals surface area contributed by atoms with E-state index in [-0.39, 0.29) is 24.2 Å². The van der Waals surface area contributed by atoms with Crippen LogP contribution < -0.4 is 4.74 Å². The molecule has 0 aliphatic carbocycles. The highest BCUT2D eigenvalue weighted by molar-refractivity contribution is 5.94. The third kappa shape index (κ3) is 5.77. The predicted molar refractivity (Wildman–Crippen MR) is 145 cm³/mol. The third-order valence-corrected chi connectivity index (χ3v) is 7.78. The molecule has 0 bridgehead atoms. The minimum absolute atomic E-state index is 0.0155. The second-order valence-electron chi connectivity index (χ2n) is 10.5. The summed E-state index contributed by atoms with van der Waals surface area (Å²) >= 11 is 0. The highest BCUT2D eigenvalue weighted by Gasteiger charge is 2.48. The van der Waals surface area contributed by atoms with Crippen molar-refractivity contribution in [3.63, 3.8) is 0 Å². The number of allylic oxidation sites excluding steroid dienone is 1. The van der Waals surface area contributed by atoms with Gasteiger partial charge >= 0.3 is 0 Å². The maximum Gasteiger partial charge on any atom is 0.291 e. The lowest BCUT2D eigenvalue weighted by atomic mass is 9.81. The fraction of sp³-hybridized carbons (Fsp3) is 0.552. The number of amides is 1. The van der Waals surface area contributed by atoms with Gasteiger partial charge in [-0.2, -0.15) is 13.7 Å². The Balaban J connectivity index is 1.59. The van der Waals surface area contributed by atoms with E-state index >= 15 is 0 Å². The number of hydrogen-bond donors (Lipinski definition) is 0. The molecule has 0 N–H and O–H groups in total. The standard InChI is InChI=1S/C29H38F2N4O4/c1-5-10-29(30,31)26-9-8-25-28(34(17-18-38-4)15-16-35(25)26)11-13-33(14-12-28)27(36)22-6-7-24(39-21(2)3)23(19-22)20-32-37/h5-9,19,21H,1,10-18,20H2,2-4H3. The number of hydrogen-bond acceptors (Lipinski definition) is 6. The number of piperidine rings is 1. The van der Waals surface area contributed by atoms with Crippen LogP contribution in [0.5, 0.6) is 5.75 Å². The van der Waals surface area contributed by atoms with E-state index in [1.807, 2.05) is 19.9 Å². The van der Waals surface area contributed by atoms with E-state index in [9.17, 15) is 18.5 Å². The van der Waals surface area contributed by atoms with E-state index in [1.54, 1.807) is 40.8 Å². The number of fused-ring (bicyclic) bond motifs is 2. The van der Waals surface area contributed by atoms with Crippen molar-refractivity contribution in [1.82, 2.24) is 14.4 Å². The Morgan fingerprint density at radius 2 is 1.92 bits per heavy atom. The Morgan fingerprint density at radius 1 is 1.18 bits per heavy atom. The van der Waals surface area contributed by atoms with Crippen LogP contribution in [0.25, 0.3) is 0 Å². The quantitative estimate of drug-likeness (QED) is 0.283. The minimum atomic E-state index is -2.99. The summed E-state index contributed by atoms with van der Waals surface area (Å²) in [5, 5.41) is 3.00. The molecule has 0 saturated carbocycles. The second kappa shape index (κ2) is 12.0. The number of carbonyl (C=O) groups excluding carboxylic acids is 1. The zero-order valence-corrected chi connectivity index (χ0v) is 23.0. The number of alkyl halides is 2. The molecule has 1 aromatic carbocycles. The summed E-state index contributed by atoms with van der Waals surface area (Å²) in [7, 11) is 1.65. The van der Waals surface area contributed by atoms with Gasteiger partial charge in [-0.1, -0.05) is 11.3 Å². The van der Waals surface area contributed by atoms with Crippen molar-refractivity contribution < 1.29 is 23.0 Å². The van der Waals surface area contributed by atoms with Crippen molar-refractivity contribution in [3.05, 3.63) is 70.4 Å². The normalized spacial score (nSPS) is 17.3. The Hall–Kier alpha value is -3.11. The molecule has 1 saturated heterocycles. The molecule has 39 heavy (non-hydrogen) atoms. The fourth-order valence-corrected chi connectivity index (χ4v) is 5.95. The predicted octanol–water partition coefficient (Wildman–Crippen LogP) is 5.30. The molecule has 1 spiro atoms. The number of aromatic nitrogens is 1. The summed E-state index contributed by atoms with van der Waals surface area (Å²) in [6.45, 7) is 10.4. The maximum absolute atomic E-state index is 15.0.